The summed E-state index contributed by atoms with van der Waals surface area (Å²) < 4.78 is 16.3. The Bertz CT molecular complexity index is 1280. The Morgan fingerprint density at radius 3 is 2.66 bits per heavy atom. The average Bonchev–Trinajstić information content (AvgIpc) is 3.56. The SMILES string of the molecule is C[C@@H](NC(=O)CSc1nnc(-c2ccccc2F)n1C1CC1)c1cccc2ccccc12. The van der Waals surface area contributed by atoms with Gasteiger partial charge < -0.3 is 5.32 Å². The van der Waals surface area contributed by atoms with E-state index >= 15 is 0 Å². The second-order valence-electron chi connectivity index (χ2n) is 8.03. The number of aromatic nitrogens is 3. The van der Waals surface area contributed by atoms with Crippen molar-refractivity contribution >= 4 is 28.4 Å². The number of amides is 1. The Balaban J connectivity index is 1.30. The molecule has 1 heterocycles. The fourth-order valence-corrected chi connectivity index (χ4v) is 4.80. The number of thioether (sulfide) groups is 1. The first kappa shape index (κ1) is 20.7. The van der Waals surface area contributed by atoms with Crippen molar-refractivity contribution in [1.29, 1.82) is 0 Å². The van der Waals surface area contributed by atoms with Crippen molar-refractivity contribution in [3.63, 3.8) is 0 Å². The van der Waals surface area contributed by atoms with Crippen molar-refractivity contribution in [3.8, 4) is 11.4 Å². The van der Waals surface area contributed by atoms with Crippen LogP contribution in [0.15, 0.2) is 71.9 Å². The van der Waals surface area contributed by atoms with Gasteiger partial charge in [0.05, 0.1) is 17.4 Å². The van der Waals surface area contributed by atoms with Crippen LogP contribution < -0.4 is 5.32 Å². The van der Waals surface area contributed by atoms with E-state index in [0.717, 1.165) is 29.2 Å². The molecule has 0 aliphatic heterocycles. The maximum Gasteiger partial charge on any atom is 0.230 e. The van der Waals surface area contributed by atoms with Gasteiger partial charge in [0, 0.05) is 6.04 Å². The second kappa shape index (κ2) is 8.74. The van der Waals surface area contributed by atoms with Gasteiger partial charge in [0.25, 0.3) is 0 Å². The molecule has 1 saturated carbocycles. The summed E-state index contributed by atoms with van der Waals surface area (Å²) in [6, 6.07) is 21.0. The lowest BCUT2D eigenvalue weighted by molar-refractivity contribution is -0.119. The minimum absolute atomic E-state index is 0.0757. The van der Waals surface area contributed by atoms with Gasteiger partial charge in [0.15, 0.2) is 11.0 Å². The molecule has 1 N–H and O–H groups in total. The molecular formula is C25H23FN4OS. The van der Waals surface area contributed by atoms with Gasteiger partial charge in [0.1, 0.15) is 5.82 Å². The molecule has 5 nitrogen and oxygen atoms in total. The number of hydrogen-bond donors (Lipinski definition) is 1. The monoisotopic (exact) mass is 446 g/mol. The molecule has 0 bridgehead atoms. The summed E-state index contributed by atoms with van der Waals surface area (Å²) in [4.78, 5) is 12.7. The highest BCUT2D eigenvalue weighted by atomic mass is 32.2. The topological polar surface area (TPSA) is 59.8 Å². The summed E-state index contributed by atoms with van der Waals surface area (Å²) in [6.45, 7) is 1.99. The number of halogens is 1. The third-order valence-electron chi connectivity index (χ3n) is 5.69. The van der Waals surface area contributed by atoms with Crippen LogP contribution in [0.25, 0.3) is 22.2 Å². The zero-order valence-corrected chi connectivity index (χ0v) is 18.5. The third kappa shape index (κ3) is 4.12. The number of fused-ring (bicyclic) bond motifs is 1. The summed E-state index contributed by atoms with van der Waals surface area (Å²) in [5.41, 5.74) is 1.53. The molecule has 162 valence electrons. The summed E-state index contributed by atoms with van der Waals surface area (Å²) in [7, 11) is 0. The molecule has 1 atom stereocenters. The largest absolute Gasteiger partial charge is 0.349 e. The molecule has 1 amide bonds. The maximum absolute atomic E-state index is 14.3. The van der Waals surface area contributed by atoms with Gasteiger partial charge in [-0.15, -0.1) is 10.2 Å². The van der Waals surface area contributed by atoms with Crippen molar-refractivity contribution < 1.29 is 9.18 Å². The van der Waals surface area contributed by atoms with E-state index in [2.05, 4.69) is 33.7 Å². The second-order valence-corrected chi connectivity index (χ2v) is 8.98. The van der Waals surface area contributed by atoms with Crippen LogP contribution >= 0.6 is 11.8 Å². The Labute approximate surface area is 190 Å². The van der Waals surface area contributed by atoms with Crippen molar-refractivity contribution in [2.45, 2.75) is 37.0 Å². The van der Waals surface area contributed by atoms with Gasteiger partial charge in [0.2, 0.25) is 5.91 Å². The Hall–Kier alpha value is -3.19. The van der Waals surface area contributed by atoms with Gasteiger partial charge in [-0.3, -0.25) is 9.36 Å². The van der Waals surface area contributed by atoms with Crippen molar-refractivity contribution in [2.75, 3.05) is 5.75 Å². The fourth-order valence-electron chi connectivity index (χ4n) is 3.98. The average molecular weight is 447 g/mol. The van der Waals surface area contributed by atoms with Crippen LogP contribution in [0.3, 0.4) is 0 Å². The first-order chi connectivity index (χ1) is 15.6. The van der Waals surface area contributed by atoms with Crippen LogP contribution in [0.2, 0.25) is 0 Å². The molecule has 1 fully saturated rings. The van der Waals surface area contributed by atoms with Gasteiger partial charge in [-0.1, -0.05) is 66.4 Å². The molecule has 1 aromatic heterocycles. The Kier molecular flexibility index (Phi) is 5.66. The maximum atomic E-state index is 14.3. The number of rotatable bonds is 7. The lowest BCUT2D eigenvalue weighted by atomic mass is 10.00. The van der Waals surface area contributed by atoms with E-state index < -0.39 is 0 Å². The number of nitrogens with zero attached hydrogens (tertiary/aromatic N) is 3. The highest BCUT2D eigenvalue weighted by Gasteiger charge is 2.31. The van der Waals surface area contributed by atoms with Crippen molar-refractivity contribution in [2.24, 2.45) is 0 Å². The molecule has 1 aliphatic rings. The smallest absolute Gasteiger partial charge is 0.230 e. The molecule has 4 aromatic rings. The summed E-state index contributed by atoms with van der Waals surface area (Å²) >= 11 is 1.34. The number of carbonyl (C=O) groups excluding carboxylic acids is 1. The zero-order valence-electron chi connectivity index (χ0n) is 17.7. The zero-order chi connectivity index (χ0) is 22.1. The predicted octanol–water partition coefficient (Wildman–Crippen LogP) is 5.54. The van der Waals surface area contributed by atoms with Gasteiger partial charge in [-0.2, -0.15) is 0 Å². The lowest BCUT2D eigenvalue weighted by Crippen LogP contribution is -2.28. The number of nitrogens with one attached hydrogen (secondary N) is 1. The molecule has 3 aromatic carbocycles. The van der Waals surface area contributed by atoms with Gasteiger partial charge in [-0.25, -0.2) is 4.39 Å². The molecule has 5 rings (SSSR count). The number of carbonyl (C=O) groups is 1. The van der Waals surface area contributed by atoms with E-state index in [-0.39, 0.29) is 29.6 Å². The fraction of sp³-hybridized carbons (Fsp3) is 0.240. The molecule has 0 saturated heterocycles. The van der Waals surface area contributed by atoms with E-state index in [1.807, 2.05) is 35.8 Å². The highest BCUT2D eigenvalue weighted by molar-refractivity contribution is 7.99. The van der Waals surface area contributed by atoms with Crippen LogP contribution in [-0.2, 0) is 4.79 Å². The minimum Gasteiger partial charge on any atom is -0.349 e. The van der Waals surface area contributed by atoms with Crippen LogP contribution in [0, 0.1) is 5.82 Å². The number of hydrogen-bond acceptors (Lipinski definition) is 4. The molecule has 0 radical (unpaired) electrons. The van der Waals surface area contributed by atoms with Crippen LogP contribution in [0.4, 0.5) is 4.39 Å². The van der Waals surface area contributed by atoms with Gasteiger partial charge >= 0.3 is 0 Å². The van der Waals surface area contributed by atoms with Crippen LogP contribution in [0.1, 0.15) is 37.4 Å². The van der Waals surface area contributed by atoms with E-state index in [4.69, 9.17) is 0 Å². The molecule has 7 heteroatoms. The summed E-state index contributed by atoms with van der Waals surface area (Å²) in [5.74, 6) is 0.350. The Morgan fingerprint density at radius 1 is 1.09 bits per heavy atom. The van der Waals surface area contributed by atoms with Crippen molar-refractivity contribution in [3.05, 3.63) is 78.1 Å². The van der Waals surface area contributed by atoms with E-state index in [9.17, 15) is 9.18 Å². The predicted molar refractivity (Wildman–Crippen MR) is 125 cm³/mol. The lowest BCUT2D eigenvalue weighted by Gasteiger charge is -2.16. The van der Waals surface area contributed by atoms with E-state index in [1.165, 1.54) is 17.8 Å². The van der Waals surface area contributed by atoms with Crippen LogP contribution in [0.5, 0.6) is 0 Å². The summed E-state index contributed by atoms with van der Waals surface area (Å²) in [6.07, 6.45) is 2.02. The van der Waals surface area contributed by atoms with Gasteiger partial charge in [-0.05, 0) is 48.2 Å². The van der Waals surface area contributed by atoms with Crippen LogP contribution in [-0.4, -0.2) is 26.4 Å². The standard InChI is InChI=1S/C25H23FN4OS/c1-16(19-11-6-8-17-7-2-3-9-20(17)19)27-23(31)15-32-25-29-28-24(30(25)18-13-14-18)21-10-4-5-12-22(21)26/h2-12,16,18H,13-15H2,1H3,(H,27,31)/t16-/m1/s1. The molecular weight excluding hydrogens is 423 g/mol. The molecule has 32 heavy (non-hydrogen) atoms. The minimum atomic E-state index is -0.319. The number of benzene rings is 3. The van der Waals surface area contributed by atoms with E-state index in [0.29, 0.717) is 16.5 Å². The summed E-state index contributed by atoms with van der Waals surface area (Å²) in [5, 5.41) is 14.6. The quantitative estimate of drug-likeness (QED) is 0.379. The highest BCUT2D eigenvalue weighted by Crippen LogP contribution is 2.41. The van der Waals surface area contributed by atoms with Crippen molar-refractivity contribution in [1.82, 2.24) is 20.1 Å². The third-order valence-corrected chi connectivity index (χ3v) is 6.63. The molecule has 0 unspecified atom stereocenters. The first-order valence-electron chi connectivity index (χ1n) is 10.7. The Morgan fingerprint density at radius 2 is 1.84 bits per heavy atom. The molecule has 0 spiro atoms. The molecule has 1 aliphatic carbocycles. The first-order valence-corrected chi connectivity index (χ1v) is 11.7. The van der Waals surface area contributed by atoms with E-state index in [1.54, 1.807) is 18.2 Å². The normalized spacial score (nSPS) is 14.4.